The van der Waals surface area contributed by atoms with Crippen LogP contribution in [-0.4, -0.2) is 49.3 Å². The van der Waals surface area contributed by atoms with E-state index in [1.807, 2.05) is 35.7 Å². The zero-order valence-electron chi connectivity index (χ0n) is 19.2. The summed E-state index contributed by atoms with van der Waals surface area (Å²) in [5.41, 5.74) is 2.05. The van der Waals surface area contributed by atoms with Crippen molar-refractivity contribution in [2.24, 2.45) is 0 Å². The third kappa shape index (κ3) is 5.01. The van der Waals surface area contributed by atoms with Gasteiger partial charge in [0.25, 0.3) is 5.91 Å². The highest BCUT2D eigenvalue weighted by atomic mass is 32.2. The lowest BCUT2D eigenvalue weighted by molar-refractivity contribution is -0.119. The lowest BCUT2D eigenvalue weighted by Crippen LogP contribution is -2.27. The Morgan fingerprint density at radius 1 is 1.00 bits per heavy atom. The van der Waals surface area contributed by atoms with Crippen molar-refractivity contribution in [3.05, 3.63) is 77.7 Å². The molecule has 8 nitrogen and oxygen atoms in total. The second-order valence-electron chi connectivity index (χ2n) is 8.31. The molecule has 0 saturated carbocycles. The number of anilines is 1. The highest BCUT2D eigenvalue weighted by molar-refractivity contribution is 7.89. The van der Waals surface area contributed by atoms with Gasteiger partial charge in [-0.3, -0.25) is 4.79 Å². The van der Waals surface area contributed by atoms with Crippen LogP contribution in [0, 0.1) is 0 Å². The predicted octanol–water partition coefficient (Wildman–Crippen LogP) is 4.54. The van der Waals surface area contributed by atoms with Crippen LogP contribution < -0.4 is 5.32 Å². The van der Waals surface area contributed by atoms with Gasteiger partial charge >= 0.3 is 5.97 Å². The molecule has 0 spiro atoms. The molecule has 2 aromatic heterocycles. The Hall–Kier alpha value is -3.60. The SMILES string of the molecule is O=C(COC(=O)c1cc(-c2cccs2)nc2ccccc12)Nc1ccc(S(=O)(=O)N2CCCC2)cc1. The summed E-state index contributed by atoms with van der Waals surface area (Å²) in [6, 6.07) is 18.7. The quantitative estimate of drug-likeness (QED) is 0.358. The van der Waals surface area contributed by atoms with Gasteiger partial charge in [-0.1, -0.05) is 24.3 Å². The van der Waals surface area contributed by atoms with Gasteiger partial charge in [-0.15, -0.1) is 11.3 Å². The van der Waals surface area contributed by atoms with Gasteiger partial charge in [0.15, 0.2) is 6.61 Å². The topological polar surface area (TPSA) is 106 Å². The van der Waals surface area contributed by atoms with E-state index in [0.717, 1.165) is 17.7 Å². The molecule has 4 aromatic rings. The molecular formula is C26H23N3O5S2. The number of sulfonamides is 1. The molecular weight excluding hydrogens is 498 g/mol. The fourth-order valence-electron chi connectivity index (χ4n) is 4.09. The first-order valence-electron chi connectivity index (χ1n) is 11.4. The van der Waals surface area contributed by atoms with E-state index in [0.29, 0.717) is 40.9 Å². The molecule has 10 heteroatoms. The van der Waals surface area contributed by atoms with Crippen molar-refractivity contribution < 1.29 is 22.7 Å². The minimum Gasteiger partial charge on any atom is -0.452 e. The van der Waals surface area contributed by atoms with E-state index in [4.69, 9.17) is 4.74 Å². The number of benzene rings is 2. The van der Waals surface area contributed by atoms with Gasteiger partial charge in [0.2, 0.25) is 10.0 Å². The van der Waals surface area contributed by atoms with E-state index in [9.17, 15) is 18.0 Å². The van der Waals surface area contributed by atoms with Crippen LogP contribution in [-0.2, 0) is 19.6 Å². The number of esters is 1. The van der Waals surface area contributed by atoms with Gasteiger partial charge in [0, 0.05) is 24.2 Å². The lowest BCUT2D eigenvalue weighted by atomic mass is 10.1. The zero-order chi connectivity index (χ0) is 25.1. The first-order chi connectivity index (χ1) is 17.4. The number of nitrogens with one attached hydrogen (secondary N) is 1. The molecule has 0 atom stereocenters. The molecule has 1 saturated heterocycles. The van der Waals surface area contributed by atoms with Gasteiger partial charge in [0.05, 0.1) is 26.5 Å². The largest absolute Gasteiger partial charge is 0.452 e. The summed E-state index contributed by atoms with van der Waals surface area (Å²) in [6.07, 6.45) is 1.72. The summed E-state index contributed by atoms with van der Waals surface area (Å²) in [5.74, 6) is -1.16. The first-order valence-corrected chi connectivity index (χ1v) is 13.7. The number of rotatable bonds is 7. The molecule has 0 radical (unpaired) electrons. The number of carbonyl (C=O) groups is 2. The van der Waals surface area contributed by atoms with Crippen LogP contribution in [0.3, 0.4) is 0 Å². The van der Waals surface area contributed by atoms with Gasteiger partial charge in [-0.25, -0.2) is 18.2 Å². The van der Waals surface area contributed by atoms with Crippen molar-refractivity contribution in [1.29, 1.82) is 0 Å². The number of aromatic nitrogens is 1. The molecule has 2 aromatic carbocycles. The van der Waals surface area contributed by atoms with E-state index in [1.165, 1.54) is 39.9 Å². The average molecular weight is 522 g/mol. The minimum absolute atomic E-state index is 0.180. The molecule has 1 aliphatic rings. The lowest BCUT2D eigenvalue weighted by Gasteiger charge is -2.15. The average Bonchev–Trinajstić information content (AvgIpc) is 3.62. The maximum atomic E-state index is 12.9. The molecule has 184 valence electrons. The van der Waals surface area contributed by atoms with E-state index >= 15 is 0 Å². The van der Waals surface area contributed by atoms with Crippen molar-refractivity contribution >= 4 is 49.8 Å². The van der Waals surface area contributed by atoms with E-state index in [2.05, 4.69) is 10.3 Å². The molecule has 0 bridgehead atoms. The number of para-hydroxylation sites is 1. The summed E-state index contributed by atoms with van der Waals surface area (Å²) in [7, 11) is -3.53. The number of nitrogens with zero attached hydrogens (tertiary/aromatic N) is 2. The van der Waals surface area contributed by atoms with Crippen LogP contribution in [0.4, 0.5) is 5.69 Å². The third-order valence-electron chi connectivity index (χ3n) is 5.88. The highest BCUT2D eigenvalue weighted by Gasteiger charge is 2.27. The Labute approximate surface area is 212 Å². The number of hydrogen-bond donors (Lipinski definition) is 1. The van der Waals surface area contributed by atoms with Crippen LogP contribution in [0.5, 0.6) is 0 Å². The zero-order valence-corrected chi connectivity index (χ0v) is 20.8. The van der Waals surface area contributed by atoms with Crippen molar-refractivity contribution in [1.82, 2.24) is 9.29 Å². The summed E-state index contributed by atoms with van der Waals surface area (Å²) in [5, 5.41) is 5.20. The van der Waals surface area contributed by atoms with Gasteiger partial charge in [-0.05, 0) is 60.7 Å². The van der Waals surface area contributed by atoms with Crippen molar-refractivity contribution in [3.63, 3.8) is 0 Å². The molecule has 36 heavy (non-hydrogen) atoms. The molecule has 1 N–H and O–H groups in total. The van der Waals surface area contributed by atoms with Crippen LogP contribution in [0.15, 0.2) is 77.0 Å². The van der Waals surface area contributed by atoms with E-state index in [1.54, 1.807) is 12.1 Å². The number of amides is 1. The number of pyridine rings is 1. The first kappa shape index (κ1) is 24.1. The molecule has 1 fully saturated rings. The second-order valence-corrected chi connectivity index (χ2v) is 11.2. The Morgan fingerprint density at radius 2 is 1.75 bits per heavy atom. The minimum atomic E-state index is -3.53. The van der Waals surface area contributed by atoms with E-state index in [-0.39, 0.29) is 4.90 Å². The summed E-state index contributed by atoms with van der Waals surface area (Å²) >= 11 is 1.51. The molecule has 3 heterocycles. The van der Waals surface area contributed by atoms with Gasteiger partial charge in [0.1, 0.15) is 0 Å². The standard InChI is InChI=1S/C26H23N3O5S2/c30-25(27-18-9-11-19(12-10-18)36(32,33)29-13-3-4-14-29)17-34-26(31)21-16-23(24-8-5-15-35-24)28-22-7-2-1-6-20(21)22/h1-2,5-12,15-16H,3-4,13-14,17H2,(H,27,30). The Bertz CT molecular complexity index is 1510. The smallest absolute Gasteiger partial charge is 0.339 e. The molecule has 0 aliphatic carbocycles. The van der Waals surface area contributed by atoms with E-state index < -0.39 is 28.5 Å². The normalized spacial score (nSPS) is 14.1. The maximum Gasteiger partial charge on any atom is 0.339 e. The molecule has 0 unspecified atom stereocenters. The summed E-state index contributed by atoms with van der Waals surface area (Å²) in [6.45, 7) is 0.555. The second kappa shape index (κ2) is 10.2. The van der Waals surface area contributed by atoms with Crippen LogP contribution in [0.1, 0.15) is 23.2 Å². The van der Waals surface area contributed by atoms with Crippen LogP contribution in [0.2, 0.25) is 0 Å². The third-order valence-corrected chi connectivity index (χ3v) is 8.69. The summed E-state index contributed by atoms with van der Waals surface area (Å²) < 4.78 is 32.1. The van der Waals surface area contributed by atoms with Crippen LogP contribution >= 0.6 is 11.3 Å². The Kier molecular flexibility index (Phi) is 6.82. The summed E-state index contributed by atoms with van der Waals surface area (Å²) in [4.78, 5) is 31.1. The highest BCUT2D eigenvalue weighted by Crippen LogP contribution is 2.28. The van der Waals surface area contributed by atoms with Crippen molar-refractivity contribution in [2.75, 3.05) is 25.0 Å². The number of hydrogen-bond acceptors (Lipinski definition) is 7. The van der Waals surface area contributed by atoms with Gasteiger partial charge in [-0.2, -0.15) is 4.31 Å². The molecule has 1 amide bonds. The number of ether oxygens (including phenoxy) is 1. The number of fused-ring (bicyclic) bond motifs is 1. The molecule has 1 aliphatic heterocycles. The fraction of sp³-hybridized carbons (Fsp3) is 0.192. The van der Waals surface area contributed by atoms with Crippen LogP contribution in [0.25, 0.3) is 21.5 Å². The number of carbonyl (C=O) groups excluding carboxylic acids is 2. The number of thiophene rings is 1. The van der Waals surface area contributed by atoms with Crippen molar-refractivity contribution in [2.45, 2.75) is 17.7 Å². The maximum absolute atomic E-state index is 12.9. The van der Waals surface area contributed by atoms with Gasteiger partial charge < -0.3 is 10.1 Å². The predicted molar refractivity (Wildman–Crippen MR) is 138 cm³/mol. The monoisotopic (exact) mass is 521 g/mol. The fourth-order valence-corrected chi connectivity index (χ4v) is 6.29. The molecule has 5 rings (SSSR count). The Morgan fingerprint density at radius 3 is 2.47 bits per heavy atom. The Balaban J connectivity index is 1.25. The van der Waals surface area contributed by atoms with Crippen molar-refractivity contribution in [3.8, 4) is 10.6 Å².